The van der Waals surface area contributed by atoms with E-state index in [-0.39, 0.29) is 12.7 Å². The minimum absolute atomic E-state index is 0.181. The summed E-state index contributed by atoms with van der Waals surface area (Å²) in [6, 6.07) is 7.38. The van der Waals surface area contributed by atoms with E-state index in [2.05, 4.69) is 6.07 Å². The third kappa shape index (κ3) is 1.63. The van der Waals surface area contributed by atoms with Crippen LogP contribution in [0.3, 0.4) is 0 Å². The predicted molar refractivity (Wildman–Crippen MR) is 63.0 cm³/mol. The highest BCUT2D eigenvalue weighted by molar-refractivity contribution is 7.91. The molecule has 1 fully saturated rings. The molecule has 1 aromatic carbocycles. The van der Waals surface area contributed by atoms with Gasteiger partial charge in [0.05, 0.1) is 17.2 Å². The Hall–Kier alpha value is -1.74. The number of benzene rings is 1. The van der Waals surface area contributed by atoms with E-state index in [1.54, 1.807) is 18.2 Å². The maximum atomic E-state index is 11.6. The Bertz CT molecular complexity index is 647. The summed E-state index contributed by atoms with van der Waals surface area (Å²) in [4.78, 5) is 0. The fourth-order valence-electron chi connectivity index (χ4n) is 2.49. The summed E-state index contributed by atoms with van der Waals surface area (Å²) >= 11 is 0. The van der Waals surface area contributed by atoms with Gasteiger partial charge in [-0.05, 0) is 17.7 Å². The third-order valence-corrected chi connectivity index (χ3v) is 4.95. The predicted octanol–water partition coefficient (Wildman–Crippen LogP) is 1.07. The Labute approximate surface area is 105 Å². The number of hydrogen-bond acceptors (Lipinski definition) is 5. The molecule has 1 aliphatic heterocycles. The summed E-state index contributed by atoms with van der Waals surface area (Å²) in [5.41, 5.74) is 0.821. The molecule has 0 amide bonds. The molecule has 6 heteroatoms. The topological polar surface area (TPSA) is 76.4 Å². The molecule has 18 heavy (non-hydrogen) atoms. The van der Waals surface area contributed by atoms with Gasteiger partial charge in [-0.3, -0.25) is 0 Å². The molecule has 0 spiro atoms. The highest BCUT2D eigenvalue weighted by atomic mass is 32.2. The molecule has 3 rings (SSSR count). The number of nitriles is 1. The molecular formula is C12H11NO4S. The number of sulfone groups is 1. The van der Waals surface area contributed by atoms with E-state index in [0.29, 0.717) is 11.5 Å². The van der Waals surface area contributed by atoms with Gasteiger partial charge >= 0.3 is 0 Å². The Balaban J connectivity index is 1.95. The molecule has 0 bridgehead atoms. The SMILES string of the molecule is CS(=O)(=O)[C@@H]1[C@H](C#N)[C@@H]1c1ccc2c(c1)OCO2. The molecule has 94 valence electrons. The quantitative estimate of drug-likeness (QED) is 0.799. The van der Waals surface area contributed by atoms with Gasteiger partial charge < -0.3 is 9.47 Å². The van der Waals surface area contributed by atoms with Crippen LogP contribution in [0.5, 0.6) is 11.5 Å². The highest BCUT2D eigenvalue weighted by Crippen LogP contribution is 2.53. The van der Waals surface area contributed by atoms with Gasteiger partial charge in [0.15, 0.2) is 21.3 Å². The second-order valence-corrected chi connectivity index (χ2v) is 6.79. The van der Waals surface area contributed by atoms with Crippen LogP contribution in [0.2, 0.25) is 0 Å². The minimum atomic E-state index is -3.20. The van der Waals surface area contributed by atoms with Crippen molar-refractivity contribution in [2.75, 3.05) is 13.0 Å². The number of rotatable bonds is 2. The lowest BCUT2D eigenvalue weighted by molar-refractivity contribution is 0.174. The number of fused-ring (bicyclic) bond motifs is 1. The fourth-order valence-corrected chi connectivity index (χ4v) is 4.02. The third-order valence-electron chi connectivity index (χ3n) is 3.38. The summed E-state index contributed by atoms with van der Waals surface area (Å²) in [5.74, 6) is 0.562. The number of hydrogen-bond donors (Lipinski definition) is 0. The van der Waals surface area contributed by atoms with Crippen LogP contribution < -0.4 is 9.47 Å². The van der Waals surface area contributed by atoms with Gasteiger partial charge in [-0.25, -0.2) is 8.42 Å². The van der Waals surface area contributed by atoms with Crippen LogP contribution in [0.4, 0.5) is 0 Å². The highest BCUT2D eigenvalue weighted by Gasteiger charge is 2.57. The van der Waals surface area contributed by atoms with E-state index in [0.717, 1.165) is 5.56 Å². The van der Waals surface area contributed by atoms with Crippen LogP contribution in [0.1, 0.15) is 11.5 Å². The molecule has 0 aromatic heterocycles. The van der Waals surface area contributed by atoms with Crippen molar-refractivity contribution in [1.82, 2.24) is 0 Å². The summed E-state index contributed by atoms with van der Waals surface area (Å²) in [7, 11) is -3.20. The first-order valence-corrected chi connectivity index (χ1v) is 7.46. The van der Waals surface area contributed by atoms with Crippen molar-refractivity contribution in [3.8, 4) is 17.6 Å². The lowest BCUT2D eigenvalue weighted by atomic mass is 10.1. The van der Waals surface area contributed by atoms with Crippen LogP contribution in [-0.4, -0.2) is 26.7 Å². The van der Waals surface area contributed by atoms with Crippen molar-refractivity contribution in [2.24, 2.45) is 5.92 Å². The first kappa shape index (κ1) is 11.4. The van der Waals surface area contributed by atoms with Gasteiger partial charge in [0.25, 0.3) is 0 Å². The molecule has 0 unspecified atom stereocenters. The van der Waals surface area contributed by atoms with Gasteiger partial charge in [-0.1, -0.05) is 6.07 Å². The molecule has 0 radical (unpaired) electrons. The van der Waals surface area contributed by atoms with Crippen molar-refractivity contribution >= 4 is 9.84 Å². The van der Waals surface area contributed by atoms with Gasteiger partial charge in [-0.15, -0.1) is 0 Å². The number of ether oxygens (including phenoxy) is 2. The molecular weight excluding hydrogens is 254 g/mol. The zero-order valence-electron chi connectivity index (χ0n) is 9.66. The van der Waals surface area contributed by atoms with Crippen molar-refractivity contribution in [2.45, 2.75) is 11.2 Å². The van der Waals surface area contributed by atoms with Gasteiger partial charge in [0.1, 0.15) is 0 Å². The molecule has 1 aliphatic carbocycles. The van der Waals surface area contributed by atoms with Crippen molar-refractivity contribution in [1.29, 1.82) is 5.26 Å². The van der Waals surface area contributed by atoms with E-state index in [1.165, 1.54) is 6.26 Å². The van der Waals surface area contributed by atoms with Crippen LogP contribution in [-0.2, 0) is 9.84 Å². The van der Waals surface area contributed by atoms with E-state index >= 15 is 0 Å². The molecule has 0 N–H and O–H groups in total. The maximum absolute atomic E-state index is 11.6. The van der Waals surface area contributed by atoms with Crippen molar-refractivity contribution < 1.29 is 17.9 Å². The number of nitrogens with zero attached hydrogens (tertiary/aromatic N) is 1. The maximum Gasteiger partial charge on any atom is 0.231 e. The summed E-state index contributed by atoms with van der Waals surface area (Å²) < 4.78 is 33.6. The average Bonchev–Trinajstić information content (AvgIpc) is 2.90. The Kier molecular flexibility index (Phi) is 2.29. The Morgan fingerprint density at radius 3 is 2.67 bits per heavy atom. The second kappa shape index (κ2) is 3.62. The van der Waals surface area contributed by atoms with Gasteiger partial charge in [-0.2, -0.15) is 5.26 Å². The van der Waals surface area contributed by atoms with Gasteiger partial charge in [0.2, 0.25) is 6.79 Å². The lowest BCUT2D eigenvalue weighted by Crippen LogP contribution is -2.06. The van der Waals surface area contributed by atoms with E-state index in [9.17, 15) is 8.42 Å². The van der Waals surface area contributed by atoms with Crippen LogP contribution in [0.15, 0.2) is 18.2 Å². The molecule has 3 atom stereocenters. The first-order valence-electron chi connectivity index (χ1n) is 5.50. The molecule has 1 aromatic rings. The molecule has 1 heterocycles. The van der Waals surface area contributed by atoms with Crippen LogP contribution >= 0.6 is 0 Å². The van der Waals surface area contributed by atoms with E-state index in [4.69, 9.17) is 14.7 Å². The summed E-state index contributed by atoms with van der Waals surface area (Å²) in [5, 5.41) is 8.40. The zero-order chi connectivity index (χ0) is 12.9. The van der Waals surface area contributed by atoms with Gasteiger partial charge in [0, 0.05) is 12.2 Å². The second-order valence-electron chi connectivity index (χ2n) is 4.59. The smallest absolute Gasteiger partial charge is 0.231 e. The lowest BCUT2D eigenvalue weighted by Gasteiger charge is -2.01. The van der Waals surface area contributed by atoms with E-state index in [1.807, 2.05) is 0 Å². The van der Waals surface area contributed by atoms with Crippen LogP contribution in [0, 0.1) is 17.2 Å². The standard InChI is InChI=1S/C12H11NO4S/c1-18(14,15)12-8(5-13)11(12)7-2-3-9-10(4-7)17-6-16-9/h2-4,8,11-12H,6H2,1H3/t8-,11+,12-/m1/s1. The molecule has 5 nitrogen and oxygen atoms in total. The largest absolute Gasteiger partial charge is 0.454 e. The first-order chi connectivity index (χ1) is 8.52. The zero-order valence-corrected chi connectivity index (χ0v) is 10.5. The van der Waals surface area contributed by atoms with Crippen LogP contribution in [0.25, 0.3) is 0 Å². The summed E-state index contributed by atoms with van der Waals surface area (Å²) in [6.07, 6.45) is 1.18. The molecule has 2 aliphatic rings. The monoisotopic (exact) mass is 265 g/mol. The summed E-state index contributed by atoms with van der Waals surface area (Å²) in [6.45, 7) is 0.181. The molecule has 0 saturated heterocycles. The average molecular weight is 265 g/mol. The van der Waals surface area contributed by atoms with Crippen molar-refractivity contribution in [3.63, 3.8) is 0 Å². The normalized spacial score (nSPS) is 28.8. The Morgan fingerprint density at radius 2 is 2.06 bits per heavy atom. The fraction of sp³-hybridized carbons (Fsp3) is 0.417. The Morgan fingerprint density at radius 1 is 1.33 bits per heavy atom. The van der Waals surface area contributed by atoms with Crippen molar-refractivity contribution in [3.05, 3.63) is 23.8 Å². The molecule has 1 saturated carbocycles. The minimum Gasteiger partial charge on any atom is -0.454 e. The van der Waals surface area contributed by atoms with E-state index < -0.39 is 21.0 Å².